The molecule has 4 aliphatic rings. The van der Waals surface area contributed by atoms with E-state index in [9.17, 15) is 34.3 Å². The number of carbonyl (C=O) groups is 4. The van der Waals surface area contributed by atoms with Gasteiger partial charge in [0, 0.05) is 36.3 Å². The fourth-order valence-corrected chi connectivity index (χ4v) is 6.96. The molecule has 234 valence electrons. The predicted molar refractivity (Wildman–Crippen MR) is 165 cm³/mol. The summed E-state index contributed by atoms with van der Waals surface area (Å²) in [6.07, 6.45) is 0.227. The maximum atomic E-state index is 14.4. The summed E-state index contributed by atoms with van der Waals surface area (Å²) in [5.74, 6) is -2.31. The van der Waals surface area contributed by atoms with Crippen molar-refractivity contribution >= 4 is 48.9 Å². The first-order chi connectivity index (χ1) is 22.2. The molecule has 14 heteroatoms. The largest absolute Gasteiger partial charge is 0.491 e. The molecule has 7 rings (SSSR count). The lowest BCUT2D eigenvalue weighted by Gasteiger charge is -2.39. The van der Waals surface area contributed by atoms with Crippen molar-refractivity contribution in [3.05, 3.63) is 94.0 Å². The Morgan fingerprint density at radius 2 is 1.46 bits per heavy atom. The second-order valence-corrected chi connectivity index (χ2v) is 12.2. The van der Waals surface area contributed by atoms with Crippen molar-refractivity contribution in [1.82, 2.24) is 15.1 Å². The van der Waals surface area contributed by atoms with Gasteiger partial charge >= 0.3 is 20.2 Å². The number of rotatable bonds is 6. The smallest absolute Gasteiger partial charge is 0.481 e. The molecule has 4 heterocycles. The Bertz CT molecular complexity index is 1750. The molecule has 0 spiro atoms. The first kappa shape index (κ1) is 30.2. The van der Waals surface area contributed by atoms with Crippen molar-refractivity contribution in [2.75, 3.05) is 6.54 Å². The van der Waals surface area contributed by atoms with E-state index in [0.29, 0.717) is 22.9 Å². The van der Waals surface area contributed by atoms with Crippen molar-refractivity contribution in [1.29, 1.82) is 0 Å². The van der Waals surface area contributed by atoms with Gasteiger partial charge in [-0.1, -0.05) is 36.4 Å². The van der Waals surface area contributed by atoms with Crippen LogP contribution in [-0.2, 0) is 45.1 Å². The van der Waals surface area contributed by atoms with Gasteiger partial charge in [-0.05, 0) is 70.3 Å². The summed E-state index contributed by atoms with van der Waals surface area (Å²) in [6, 6.07) is 15.2. The number of aliphatic carboxylic acids is 1. The number of likely N-dealkylation sites (tertiary alicyclic amines) is 1. The molecule has 46 heavy (non-hydrogen) atoms. The molecule has 0 aliphatic carbocycles. The average molecular weight is 623 g/mol. The van der Waals surface area contributed by atoms with Crippen LogP contribution in [0.15, 0.2) is 60.7 Å². The van der Waals surface area contributed by atoms with Gasteiger partial charge in [0.25, 0.3) is 11.8 Å². The van der Waals surface area contributed by atoms with Crippen LogP contribution in [-0.4, -0.2) is 87.6 Å². The van der Waals surface area contributed by atoms with E-state index >= 15 is 0 Å². The van der Waals surface area contributed by atoms with E-state index in [2.05, 4.69) is 5.32 Å². The highest BCUT2D eigenvalue weighted by Gasteiger charge is 2.45. The number of hydrogen-bond donors (Lipinski definition) is 4. The van der Waals surface area contributed by atoms with E-state index in [0.717, 1.165) is 22.3 Å². The summed E-state index contributed by atoms with van der Waals surface area (Å²) in [5.41, 5.74) is 4.99. The zero-order valence-corrected chi connectivity index (χ0v) is 24.8. The zero-order chi connectivity index (χ0) is 32.1. The molecule has 0 unspecified atom stereocenters. The number of fused-ring (bicyclic) bond motifs is 3. The number of amides is 3. The molecule has 4 N–H and O–H groups in total. The fraction of sp³-hybridized carbons (Fsp3) is 0.312. The Labute approximate surface area is 265 Å². The van der Waals surface area contributed by atoms with Crippen LogP contribution < -0.4 is 16.2 Å². The van der Waals surface area contributed by atoms with E-state index in [1.807, 2.05) is 24.3 Å². The van der Waals surface area contributed by atoms with E-state index in [4.69, 9.17) is 9.31 Å². The van der Waals surface area contributed by atoms with Crippen LogP contribution in [0.1, 0.15) is 55.8 Å². The summed E-state index contributed by atoms with van der Waals surface area (Å²) in [6.45, 7) is 0.695. The monoisotopic (exact) mass is 623 g/mol. The second-order valence-electron chi connectivity index (χ2n) is 12.2. The minimum absolute atomic E-state index is 0.0296. The Balaban J connectivity index is 1.18. The molecule has 12 nitrogen and oxygen atoms in total. The zero-order valence-electron chi connectivity index (χ0n) is 24.8. The quantitative estimate of drug-likeness (QED) is 0.267. The van der Waals surface area contributed by atoms with E-state index in [-0.39, 0.29) is 44.7 Å². The number of carbonyl (C=O) groups excluding carboxylic acids is 3. The van der Waals surface area contributed by atoms with E-state index < -0.39 is 56.1 Å². The third-order valence-electron chi connectivity index (χ3n) is 9.36. The summed E-state index contributed by atoms with van der Waals surface area (Å²) in [4.78, 5) is 56.6. The van der Waals surface area contributed by atoms with Crippen LogP contribution in [0.4, 0.5) is 0 Å². The molecule has 0 saturated carbocycles. The standard InChI is InChI=1S/C32H31B2N3O9/c38-29(39)13-25-9-18-3-1-2-4-21(18)14-36(25)32(42)28-12-24(35-30(40)19-5-7-22-16-45-33(43)26(22)10-19)15-37(28)31(41)20-6-8-23-17-46-34(44)27(23)11-20/h1-8,10-11,24-25,28,43-44H,9,12-17H2,(H,35,40)(H,38,39)/t24-,25+,28+/m1/s1. The van der Waals surface area contributed by atoms with Gasteiger partial charge in [-0.3, -0.25) is 19.2 Å². The van der Waals surface area contributed by atoms with Crippen LogP contribution >= 0.6 is 0 Å². The van der Waals surface area contributed by atoms with Crippen molar-refractivity contribution in [3.8, 4) is 0 Å². The first-order valence-electron chi connectivity index (χ1n) is 15.2. The summed E-state index contributed by atoms with van der Waals surface area (Å²) < 4.78 is 10.5. The van der Waals surface area contributed by atoms with Gasteiger partial charge in [0.1, 0.15) is 6.04 Å². The van der Waals surface area contributed by atoms with Crippen molar-refractivity contribution in [3.63, 3.8) is 0 Å². The van der Waals surface area contributed by atoms with E-state index in [1.54, 1.807) is 41.3 Å². The molecule has 4 aliphatic heterocycles. The molecule has 1 fully saturated rings. The van der Waals surface area contributed by atoms with Gasteiger partial charge in [-0.25, -0.2) is 0 Å². The molecule has 3 amide bonds. The molecule has 0 bridgehead atoms. The minimum Gasteiger partial charge on any atom is -0.481 e. The number of benzene rings is 3. The van der Waals surface area contributed by atoms with Gasteiger partial charge in [-0.2, -0.15) is 0 Å². The van der Waals surface area contributed by atoms with Gasteiger partial charge in [0.2, 0.25) is 5.91 Å². The Morgan fingerprint density at radius 3 is 2.13 bits per heavy atom. The number of hydrogen-bond acceptors (Lipinski definition) is 8. The van der Waals surface area contributed by atoms with Crippen molar-refractivity contribution in [2.45, 2.75) is 57.1 Å². The Kier molecular flexibility index (Phi) is 7.89. The van der Waals surface area contributed by atoms with Crippen LogP contribution in [0.3, 0.4) is 0 Å². The number of carboxylic acids is 1. The van der Waals surface area contributed by atoms with E-state index in [1.165, 1.54) is 4.90 Å². The first-order valence-corrected chi connectivity index (χ1v) is 15.2. The highest BCUT2D eigenvalue weighted by molar-refractivity contribution is 6.62. The van der Waals surface area contributed by atoms with Crippen LogP contribution in [0.25, 0.3) is 0 Å². The van der Waals surface area contributed by atoms with Crippen molar-refractivity contribution < 1.29 is 43.6 Å². The Hall–Kier alpha value is -4.49. The normalized spacial score (nSPS) is 21.6. The maximum Gasteiger partial charge on any atom is 0.491 e. The van der Waals surface area contributed by atoms with Crippen LogP contribution in [0, 0.1) is 0 Å². The molecule has 1 saturated heterocycles. The topological polar surface area (TPSA) is 166 Å². The summed E-state index contributed by atoms with van der Waals surface area (Å²) >= 11 is 0. The molecule has 0 aromatic heterocycles. The minimum atomic E-state index is -1.16. The fourth-order valence-electron chi connectivity index (χ4n) is 6.96. The van der Waals surface area contributed by atoms with Crippen LogP contribution in [0.2, 0.25) is 0 Å². The van der Waals surface area contributed by atoms with Crippen molar-refractivity contribution in [2.24, 2.45) is 0 Å². The average Bonchev–Trinajstić information content (AvgIpc) is 3.76. The highest BCUT2D eigenvalue weighted by Crippen LogP contribution is 2.30. The molecule has 3 aromatic rings. The lowest BCUT2D eigenvalue weighted by Crippen LogP contribution is -2.53. The number of nitrogens with zero attached hydrogens (tertiary/aromatic N) is 2. The number of carboxylic acid groups (broad SMARTS) is 1. The van der Waals surface area contributed by atoms with Gasteiger partial charge < -0.3 is 39.6 Å². The third kappa shape index (κ3) is 5.58. The van der Waals surface area contributed by atoms with Gasteiger partial charge in [0.15, 0.2) is 0 Å². The lowest BCUT2D eigenvalue weighted by atomic mass is 9.78. The highest BCUT2D eigenvalue weighted by atomic mass is 16.5. The van der Waals surface area contributed by atoms with Crippen LogP contribution in [0.5, 0.6) is 0 Å². The third-order valence-corrected chi connectivity index (χ3v) is 9.36. The maximum absolute atomic E-state index is 14.4. The molecular weight excluding hydrogens is 592 g/mol. The van der Waals surface area contributed by atoms with Gasteiger partial charge in [0.05, 0.1) is 19.6 Å². The SMILES string of the molecule is O=C(O)C[C@@H]1Cc2ccccc2CN1C(=O)[C@@H]1C[C@@H](NC(=O)c2ccc3c(c2)B(O)OC3)CN1C(=O)c1ccc2c(c1)B(O)OC2. The second kappa shape index (κ2) is 12.0. The number of nitrogens with one attached hydrogen (secondary N) is 1. The molecule has 3 aromatic carbocycles. The molecule has 3 atom stereocenters. The molecular formula is C32H31B2N3O9. The molecule has 0 radical (unpaired) electrons. The predicted octanol–water partition coefficient (Wildman–Crippen LogP) is -0.437. The summed E-state index contributed by atoms with van der Waals surface area (Å²) in [7, 11) is -2.28. The summed E-state index contributed by atoms with van der Waals surface area (Å²) in [5, 5.41) is 33.0. The lowest BCUT2D eigenvalue weighted by molar-refractivity contribution is -0.143. The van der Waals surface area contributed by atoms with Gasteiger partial charge in [-0.15, -0.1) is 0 Å². The Morgan fingerprint density at radius 1 is 0.826 bits per heavy atom.